The predicted octanol–water partition coefficient (Wildman–Crippen LogP) is 0.0189. The van der Waals surface area contributed by atoms with Crippen LogP contribution in [0.4, 0.5) is 0 Å². The fourth-order valence-electron chi connectivity index (χ4n) is 1.23. The van der Waals surface area contributed by atoms with Crippen LogP contribution < -0.4 is 5.32 Å². The summed E-state index contributed by atoms with van der Waals surface area (Å²) in [6.07, 6.45) is 0.742. The smallest absolute Gasteiger partial charge is 0.307 e. The second-order valence-corrected chi connectivity index (χ2v) is 3.38. The van der Waals surface area contributed by atoms with E-state index in [4.69, 9.17) is 9.84 Å². The summed E-state index contributed by atoms with van der Waals surface area (Å²) >= 11 is 0. The molecule has 16 heavy (non-hydrogen) atoms. The molecule has 0 amide bonds. The molecule has 0 aliphatic heterocycles. The number of carbonyl (C=O) groups excluding carboxylic acids is 1. The van der Waals surface area contributed by atoms with E-state index in [0.29, 0.717) is 13.2 Å². The fraction of sp³-hybridized carbons (Fsp3) is 0.800. The fourth-order valence-corrected chi connectivity index (χ4v) is 1.23. The molecule has 0 aliphatic carbocycles. The first-order valence-electron chi connectivity index (χ1n) is 5.11. The summed E-state index contributed by atoms with van der Waals surface area (Å²) in [5.74, 6) is -1.35. The van der Waals surface area contributed by atoms with Crippen molar-refractivity contribution in [1.82, 2.24) is 5.32 Å². The van der Waals surface area contributed by atoms with E-state index in [1.165, 1.54) is 7.11 Å². The molecule has 0 aromatic carbocycles. The average molecular weight is 233 g/mol. The first-order valence-corrected chi connectivity index (χ1v) is 5.11. The van der Waals surface area contributed by atoms with Gasteiger partial charge in [0.1, 0.15) is 0 Å². The van der Waals surface area contributed by atoms with Gasteiger partial charge in [-0.1, -0.05) is 0 Å². The van der Waals surface area contributed by atoms with Crippen LogP contribution in [0.1, 0.15) is 19.3 Å². The van der Waals surface area contributed by atoms with Crippen molar-refractivity contribution in [3.63, 3.8) is 0 Å². The summed E-state index contributed by atoms with van der Waals surface area (Å²) in [5, 5.41) is 11.6. The van der Waals surface area contributed by atoms with Crippen molar-refractivity contribution < 1.29 is 24.2 Å². The van der Waals surface area contributed by atoms with E-state index < -0.39 is 11.9 Å². The summed E-state index contributed by atoms with van der Waals surface area (Å²) in [7, 11) is 2.88. The topological polar surface area (TPSA) is 84.9 Å². The molecule has 6 nitrogen and oxygen atoms in total. The van der Waals surface area contributed by atoms with Crippen molar-refractivity contribution in [1.29, 1.82) is 0 Å². The number of esters is 1. The molecule has 0 saturated carbocycles. The molecule has 1 unspecified atom stereocenters. The van der Waals surface area contributed by atoms with Gasteiger partial charge in [-0.2, -0.15) is 0 Å². The van der Waals surface area contributed by atoms with Gasteiger partial charge in [0.25, 0.3) is 0 Å². The average Bonchev–Trinajstić information content (AvgIpc) is 2.23. The number of hydrogen-bond donors (Lipinski definition) is 2. The van der Waals surface area contributed by atoms with E-state index >= 15 is 0 Å². The molecule has 0 aromatic rings. The molecule has 6 heteroatoms. The number of carbonyl (C=O) groups is 2. The standard InChI is InChI=1S/C10H19NO5/c1-15-5-3-4-11-8(6-9(12)13)7-10(14)16-2/h8,11H,3-7H2,1-2H3,(H,12,13). The Morgan fingerprint density at radius 2 is 2.00 bits per heavy atom. The van der Waals surface area contributed by atoms with Crippen molar-refractivity contribution in [2.24, 2.45) is 0 Å². The maximum Gasteiger partial charge on any atom is 0.307 e. The van der Waals surface area contributed by atoms with Gasteiger partial charge in [0.15, 0.2) is 0 Å². The van der Waals surface area contributed by atoms with Gasteiger partial charge >= 0.3 is 11.9 Å². The maximum absolute atomic E-state index is 11.0. The molecule has 0 spiro atoms. The van der Waals surface area contributed by atoms with Crippen molar-refractivity contribution in [3.05, 3.63) is 0 Å². The predicted molar refractivity (Wildman–Crippen MR) is 57.2 cm³/mol. The van der Waals surface area contributed by atoms with Gasteiger partial charge in [-0.3, -0.25) is 9.59 Å². The highest BCUT2D eigenvalue weighted by Crippen LogP contribution is 2.00. The third-order valence-electron chi connectivity index (χ3n) is 2.02. The number of nitrogens with one attached hydrogen (secondary N) is 1. The molecule has 0 aliphatic rings. The van der Waals surface area contributed by atoms with Crippen LogP contribution >= 0.6 is 0 Å². The Morgan fingerprint density at radius 3 is 2.50 bits per heavy atom. The van der Waals surface area contributed by atoms with Crippen LogP contribution in [0.3, 0.4) is 0 Å². The summed E-state index contributed by atoms with van der Waals surface area (Å²) in [4.78, 5) is 21.6. The van der Waals surface area contributed by atoms with Crippen LogP contribution in [0, 0.1) is 0 Å². The second kappa shape index (κ2) is 9.11. The Bertz CT molecular complexity index is 219. The van der Waals surface area contributed by atoms with Crippen molar-refractivity contribution in [2.75, 3.05) is 27.4 Å². The van der Waals surface area contributed by atoms with Gasteiger partial charge in [-0.25, -0.2) is 0 Å². The number of carboxylic acids is 1. The van der Waals surface area contributed by atoms with Gasteiger partial charge in [0.2, 0.25) is 0 Å². The molecule has 0 bridgehead atoms. The molecule has 0 saturated heterocycles. The Labute approximate surface area is 94.9 Å². The number of carboxylic acid groups (broad SMARTS) is 1. The van der Waals surface area contributed by atoms with E-state index in [9.17, 15) is 9.59 Å². The van der Waals surface area contributed by atoms with Crippen molar-refractivity contribution in [2.45, 2.75) is 25.3 Å². The van der Waals surface area contributed by atoms with Crippen LogP contribution in [0.15, 0.2) is 0 Å². The van der Waals surface area contributed by atoms with E-state index in [1.54, 1.807) is 7.11 Å². The molecule has 1 atom stereocenters. The number of hydrogen-bond acceptors (Lipinski definition) is 5. The molecule has 94 valence electrons. The normalized spacial score (nSPS) is 12.1. The first-order chi connectivity index (χ1) is 7.60. The highest BCUT2D eigenvalue weighted by Gasteiger charge is 2.16. The van der Waals surface area contributed by atoms with Crippen molar-refractivity contribution in [3.8, 4) is 0 Å². The van der Waals surface area contributed by atoms with Gasteiger partial charge in [-0.05, 0) is 13.0 Å². The largest absolute Gasteiger partial charge is 0.481 e. The Hall–Kier alpha value is -1.14. The van der Waals surface area contributed by atoms with E-state index in [2.05, 4.69) is 10.1 Å². The van der Waals surface area contributed by atoms with Crippen LogP contribution in [0.2, 0.25) is 0 Å². The molecular formula is C10H19NO5. The lowest BCUT2D eigenvalue weighted by Gasteiger charge is -2.15. The molecule has 0 radical (unpaired) electrons. The molecule has 0 rings (SSSR count). The first kappa shape index (κ1) is 14.9. The lowest BCUT2D eigenvalue weighted by atomic mass is 10.1. The number of ether oxygens (including phenoxy) is 2. The monoisotopic (exact) mass is 233 g/mol. The zero-order valence-corrected chi connectivity index (χ0v) is 9.69. The third-order valence-corrected chi connectivity index (χ3v) is 2.02. The minimum absolute atomic E-state index is 0.0653. The van der Waals surface area contributed by atoms with Gasteiger partial charge in [-0.15, -0.1) is 0 Å². The maximum atomic E-state index is 11.0. The molecule has 2 N–H and O–H groups in total. The Morgan fingerprint density at radius 1 is 1.31 bits per heavy atom. The van der Waals surface area contributed by atoms with E-state index in [1.807, 2.05) is 0 Å². The zero-order valence-electron chi connectivity index (χ0n) is 9.69. The summed E-state index contributed by atoms with van der Waals surface area (Å²) in [6, 6.07) is -0.387. The number of rotatable bonds is 9. The second-order valence-electron chi connectivity index (χ2n) is 3.38. The quantitative estimate of drug-likeness (QED) is 0.431. The molecule has 0 fully saturated rings. The van der Waals surface area contributed by atoms with Crippen LogP contribution in [0.5, 0.6) is 0 Å². The van der Waals surface area contributed by atoms with Gasteiger partial charge in [0.05, 0.1) is 20.0 Å². The summed E-state index contributed by atoms with van der Waals surface area (Å²) < 4.78 is 9.35. The van der Waals surface area contributed by atoms with Crippen LogP contribution in [0.25, 0.3) is 0 Å². The minimum atomic E-state index is -0.937. The van der Waals surface area contributed by atoms with Crippen LogP contribution in [-0.2, 0) is 19.1 Å². The van der Waals surface area contributed by atoms with Gasteiger partial charge in [0, 0.05) is 19.8 Å². The molecular weight excluding hydrogens is 214 g/mol. The van der Waals surface area contributed by atoms with E-state index in [-0.39, 0.29) is 18.9 Å². The van der Waals surface area contributed by atoms with Crippen LogP contribution in [-0.4, -0.2) is 50.5 Å². The lowest BCUT2D eigenvalue weighted by Crippen LogP contribution is -2.34. The number of methoxy groups -OCH3 is 2. The Balaban J connectivity index is 3.90. The summed E-state index contributed by atoms with van der Waals surface area (Å²) in [5.41, 5.74) is 0. The molecule has 0 heterocycles. The molecule has 0 aromatic heterocycles. The highest BCUT2D eigenvalue weighted by atomic mass is 16.5. The zero-order chi connectivity index (χ0) is 12.4. The SMILES string of the molecule is COCCCNC(CC(=O)O)CC(=O)OC. The van der Waals surface area contributed by atoms with Crippen molar-refractivity contribution >= 4 is 11.9 Å². The lowest BCUT2D eigenvalue weighted by molar-refractivity contribution is -0.142. The van der Waals surface area contributed by atoms with E-state index in [0.717, 1.165) is 6.42 Å². The third kappa shape index (κ3) is 8.19. The number of aliphatic carboxylic acids is 1. The summed E-state index contributed by atoms with van der Waals surface area (Å²) in [6.45, 7) is 1.22. The highest BCUT2D eigenvalue weighted by molar-refractivity contribution is 5.72. The minimum Gasteiger partial charge on any atom is -0.481 e. The van der Waals surface area contributed by atoms with Gasteiger partial charge < -0.3 is 19.9 Å². The Kier molecular flexibility index (Phi) is 8.46.